The van der Waals surface area contributed by atoms with E-state index in [2.05, 4.69) is 9.47 Å². The second-order valence-corrected chi connectivity index (χ2v) is 5.16. The highest BCUT2D eigenvalue weighted by Gasteiger charge is 2.31. The van der Waals surface area contributed by atoms with E-state index in [1.165, 1.54) is 50.6 Å². The van der Waals surface area contributed by atoms with E-state index in [0.29, 0.717) is 0 Å². The Labute approximate surface area is 137 Å². The van der Waals surface area contributed by atoms with Crippen LogP contribution in [-0.2, 0) is 9.47 Å². The van der Waals surface area contributed by atoms with Gasteiger partial charge in [0.2, 0.25) is 0 Å². The van der Waals surface area contributed by atoms with Crippen LogP contribution in [0.15, 0.2) is 36.4 Å². The number of methoxy groups -OCH3 is 2. The van der Waals surface area contributed by atoms with Gasteiger partial charge in [-0.3, -0.25) is 9.59 Å². The molecule has 0 aromatic heterocycles. The molecule has 1 aliphatic rings. The van der Waals surface area contributed by atoms with Gasteiger partial charge in [-0.1, -0.05) is 0 Å². The van der Waals surface area contributed by atoms with Crippen molar-refractivity contribution in [2.24, 2.45) is 0 Å². The van der Waals surface area contributed by atoms with Crippen molar-refractivity contribution in [1.82, 2.24) is 0 Å². The fraction of sp³-hybridized carbons (Fsp3) is 0.111. The quantitative estimate of drug-likeness (QED) is 0.670. The Morgan fingerprint density at radius 3 is 1.42 bits per heavy atom. The first-order valence-corrected chi connectivity index (χ1v) is 7.02. The number of hydrogen-bond donors (Lipinski definition) is 0. The van der Waals surface area contributed by atoms with Crippen LogP contribution in [0.5, 0.6) is 0 Å². The van der Waals surface area contributed by atoms with Gasteiger partial charge in [0.15, 0.2) is 11.6 Å². The van der Waals surface area contributed by atoms with Gasteiger partial charge in [0.25, 0.3) is 0 Å². The summed E-state index contributed by atoms with van der Waals surface area (Å²) in [4.78, 5) is 48.6. The molecule has 6 heteroatoms. The number of fused-ring (bicyclic) bond motifs is 2. The zero-order chi connectivity index (χ0) is 17.4. The summed E-state index contributed by atoms with van der Waals surface area (Å²) >= 11 is 0. The number of carbonyl (C=O) groups is 4. The van der Waals surface area contributed by atoms with Crippen LogP contribution in [0, 0.1) is 0 Å². The van der Waals surface area contributed by atoms with Crippen LogP contribution >= 0.6 is 0 Å². The van der Waals surface area contributed by atoms with E-state index in [9.17, 15) is 19.2 Å². The minimum absolute atomic E-state index is 0.109. The largest absolute Gasteiger partial charge is 0.465 e. The molecule has 3 rings (SSSR count). The summed E-state index contributed by atoms with van der Waals surface area (Å²) in [5, 5.41) is 0. The lowest BCUT2D eigenvalue weighted by molar-refractivity contribution is 0.0592. The lowest BCUT2D eigenvalue weighted by Crippen LogP contribution is -2.22. The lowest BCUT2D eigenvalue weighted by Gasteiger charge is -2.18. The maximum atomic E-state index is 12.7. The Kier molecular flexibility index (Phi) is 3.73. The topological polar surface area (TPSA) is 86.7 Å². The standard InChI is InChI=1S/C18H12O6/c1-23-17(21)9-3-5-11-13(7-9)16(20)14-8-10(18(22)24-2)4-6-12(14)15(11)19/h3-8H,1-2H3. The average Bonchev–Trinajstić information content (AvgIpc) is 2.63. The molecule has 1 aliphatic carbocycles. The Hall–Kier alpha value is -3.28. The van der Waals surface area contributed by atoms with Gasteiger partial charge in [0.1, 0.15) is 0 Å². The molecule has 0 fully saturated rings. The molecule has 120 valence electrons. The zero-order valence-electron chi connectivity index (χ0n) is 12.9. The summed E-state index contributed by atoms with van der Waals surface area (Å²) in [5.41, 5.74) is 0.988. The van der Waals surface area contributed by atoms with E-state index in [4.69, 9.17) is 0 Å². The van der Waals surface area contributed by atoms with Crippen LogP contribution in [0.2, 0.25) is 0 Å². The first-order chi connectivity index (χ1) is 11.5. The van der Waals surface area contributed by atoms with Crippen LogP contribution < -0.4 is 0 Å². The molecule has 0 atom stereocenters. The Bertz CT molecular complexity index is 838. The number of esters is 2. The normalized spacial score (nSPS) is 12.2. The molecule has 0 bridgehead atoms. The van der Waals surface area contributed by atoms with Gasteiger partial charge < -0.3 is 9.47 Å². The van der Waals surface area contributed by atoms with Gasteiger partial charge in [0, 0.05) is 22.3 Å². The third-order valence-corrected chi connectivity index (χ3v) is 3.86. The maximum absolute atomic E-state index is 12.7. The molecular formula is C18H12O6. The van der Waals surface area contributed by atoms with Crippen LogP contribution in [0.25, 0.3) is 0 Å². The molecule has 0 aliphatic heterocycles. The van der Waals surface area contributed by atoms with Crippen molar-refractivity contribution in [1.29, 1.82) is 0 Å². The highest BCUT2D eigenvalue weighted by molar-refractivity contribution is 6.29. The van der Waals surface area contributed by atoms with Gasteiger partial charge in [0.05, 0.1) is 25.3 Å². The number of ketones is 2. The fourth-order valence-electron chi connectivity index (χ4n) is 2.64. The molecule has 0 amide bonds. The van der Waals surface area contributed by atoms with Gasteiger partial charge in [-0.25, -0.2) is 9.59 Å². The minimum atomic E-state index is -0.604. The molecule has 0 heterocycles. The van der Waals surface area contributed by atoms with Gasteiger partial charge >= 0.3 is 11.9 Å². The Balaban J connectivity index is 2.16. The predicted octanol–water partition coefficient (Wildman–Crippen LogP) is 2.04. The van der Waals surface area contributed by atoms with Crippen molar-refractivity contribution in [2.45, 2.75) is 0 Å². The Morgan fingerprint density at radius 1 is 0.667 bits per heavy atom. The molecule has 6 nitrogen and oxygen atoms in total. The molecule has 0 saturated heterocycles. The van der Waals surface area contributed by atoms with Crippen LogP contribution in [0.3, 0.4) is 0 Å². The maximum Gasteiger partial charge on any atom is 0.337 e. The van der Waals surface area contributed by atoms with E-state index in [1.807, 2.05) is 0 Å². The fourth-order valence-corrected chi connectivity index (χ4v) is 2.64. The van der Waals surface area contributed by atoms with E-state index >= 15 is 0 Å². The van der Waals surface area contributed by atoms with Crippen molar-refractivity contribution in [3.63, 3.8) is 0 Å². The lowest BCUT2D eigenvalue weighted by atomic mass is 9.82. The van der Waals surface area contributed by atoms with Crippen molar-refractivity contribution < 1.29 is 28.7 Å². The first-order valence-electron chi connectivity index (χ1n) is 7.02. The number of rotatable bonds is 2. The molecule has 0 N–H and O–H groups in total. The first kappa shape index (κ1) is 15.6. The molecule has 0 unspecified atom stereocenters. The van der Waals surface area contributed by atoms with Crippen LogP contribution in [-0.4, -0.2) is 37.7 Å². The van der Waals surface area contributed by atoms with Crippen molar-refractivity contribution >= 4 is 23.5 Å². The van der Waals surface area contributed by atoms with Crippen molar-refractivity contribution in [2.75, 3.05) is 14.2 Å². The number of carbonyl (C=O) groups excluding carboxylic acids is 4. The Morgan fingerprint density at radius 2 is 1.04 bits per heavy atom. The molecule has 0 saturated carbocycles. The zero-order valence-corrected chi connectivity index (χ0v) is 12.9. The second-order valence-electron chi connectivity index (χ2n) is 5.16. The summed E-state index contributed by atoms with van der Waals surface area (Å²) in [6.07, 6.45) is 0. The van der Waals surface area contributed by atoms with E-state index in [1.54, 1.807) is 0 Å². The summed E-state index contributed by atoms with van der Waals surface area (Å²) in [5.74, 6) is -1.98. The smallest absolute Gasteiger partial charge is 0.337 e. The highest BCUT2D eigenvalue weighted by Crippen LogP contribution is 2.29. The monoisotopic (exact) mass is 324 g/mol. The van der Waals surface area contributed by atoms with Crippen LogP contribution in [0.4, 0.5) is 0 Å². The summed E-state index contributed by atoms with van der Waals surface area (Å²) in [7, 11) is 2.46. The van der Waals surface area contributed by atoms with Crippen molar-refractivity contribution in [3.05, 3.63) is 69.8 Å². The third-order valence-electron chi connectivity index (χ3n) is 3.86. The van der Waals surface area contributed by atoms with Crippen molar-refractivity contribution in [3.8, 4) is 0 Å². The number of hydrogen-bond acceptors (Lipinski definition) is 6. The van der Waals surface area contributed by atoms with E-state index in [-0.39, 0.29) is 39.2 Å². The predicted molar refractivity (Wildman–Crippen MR) is 82.4 cm³/mol. The summed E-state index contributed by atoms with van der Waals surface area (Å²) in [6, 6.07) is 8.38. The average molecular weight is 324 g/mol. The summed E-state index contributed by atoms with van der Waals surface area (Å²) < 4.78 is 9.26. The SMILES string of the molecule is COC(=O)c1ccc2c(c1)C(=O)c1cc(C(=O)OC)ccc1C2=O. The molecule has 0 spiro atoms. The molecule has 24 heavy (non-hydrogen) atoms. The van der Waals surface area contributed by atoms with E-state index < -0.39 is 17.7 Å². The minimum Gasteiger partial charge on any atom is -0.465 e. The molecule has 2 aromatic rings. The second kappa shape index (κ2) is 5.73. The molecular weight excluding hydrogens is 312 g/mol. The molecule has 2 aromatic carbocycles. The van der Waals surface area contributed by atoms with Gasteiger partial charge in [-0.15, -0.1) is 0 Å². The number of benzene rings is 2. The number of ether oxygens (including phenoxy) is 2. The highest BCUT2D eigenvalue weighted by atomic mass is 16.5. The van der Waals surface area contributed by atoms with Crippen LogP contribution in [0.1, 0.15) is 52.6 Å². The summed E-state index contributed by atoms with van der Waals surface area (Å²) in [6.45, 7) is 0. The molecule has 0 radical (unpaired) electrons. The third kappa shape index (κ3) is 2.28. The van der Waals surface area contributed by atoms with Gasteiger partial charge in [-0.05, 0) is 36.4 Å². The van der Waals surface area contributed by atoms with Gasteiger partial charge in [-0.2, -0.15) is 0 Å². The van der Waals surface area contributed by atoms with E-state index in [0.717, 1.165) is 0 Å².